The lowest BCUT2D eigenvalue weighted by molar-refractivity contribution is -0.138. The van der Waals surface area contributed by atoms with Crippen molar-refractivity contribution in [1.82, 2.24) is 77.1 Å². The predicted molar refractivity (Wildman–Crippen MR) is 361 cm³/mol. The standard InChI is InChI=1S/C22H21F3N6O4S.C21H20F3N7O3S.C21H19F3N6O3S/c1-3-36(33,34)20-17(19-28-15-9-12(22(23,24)25)11-26-18(15)30(19)2)29-16-10-13(7-8-31(16)20)27-21(32)35-14-5-4-6-14;1-3-35(33,34)19-16(18-28-14-8-11(21(22,23)24)10-25-17(14)30(18)2)29-15-9-13(6-7-31(15)19)27-20(32)26-12-4-5-12;1-3-34(32,33)20-16(18-27-14-8-12(21(22,23)24)10-25-17(14)29(18)2)28-15-9-13(6-7-30(15)20)26-19(31)11-4-5-11/h7-11,14H,3-6H2,1-2H3,(H,27,32);6-10,12H,3-5H2,1-2H3,(H2,26,27,32);6-11H,3-5H2,1-2H3,(H,26,31). The molecule has 3 aliphatic rings. The number of halogens is 9. The largest absolute Gasteiger partial charge is 0.446 e. The van der Waals surface area contributed by atoms with E-state index in [-0.39, 0.29) is 147 Å². The molecule has 0 saturated heterocycles. The van der Waals surface area contributed by atoms with Crippen LogP contribution in [0.15, 0.2) is 107 Å². The lowest BCUT2D eigenvalue weighted by Gasteiger charge is -2.25. The molecular formula is C64H60F9N19O10S3. The third-order valence-electron chi connectivity index (χ3n) is 17.5. The summed E-state index contributed by atoms with van der Waals surface area (Å²) in [5.41, 5.74) is -0.853. The zero-order valence-electron chi connectivity index (χ0n) is 55.9. The zero-order chi connectivity index (χ0) is 75.4. The normalized spacial score (nSPS) is 14.7. The lowest BCUT2D eigenvalue weighted by atomic mass is 9.96. The number of carbonyl (C=O) groups is 3. The molecule has 41 heteroatoms. The quantitative estimate of drug-likeness (QED) is 0.0693. The Kier molecular flexibility index (Phi) is 18.4. The highest BCUT2D eigenvalue weighted by Gasteiger charge is 2.38. The second kappa shape index (κ2) is 26.7. The summed E-state index contributed by atoms with van der Waals surface area (Å²) in [5.74, 6) is -0.707. The number of fused-ring (bicyclic) bond motifs is 6. The highest BCUT2D eigenvalue weighted by molar-refractivity contribution is 7.92. The van der Waals surface area contributed by atoms with Gasteiger partial charge in [0.15, 0.2) is 79.0 Å². The van der Waals surface area contributed by atoms with E-state index in [1.54, 1.807) is 12.1 Å². The number of hydrogen-bond donors (Lipinski definition) is 4. The lowest BCUT2D eigenvalue weighted by Crippen LogP contribution is -2.30. The van der Waals surface area contributed by atoms with Crippen molar-refractivity contribution >= 4 is 115 Å². The summed E-state index contributed by atoms with van der Waals surface area (Å²) in [6, 6.07) is 11.5. The van der Waals surface area contributed by atoms with Gasteiger partial charge >= 0.3 is 30.7 Å². The van der Waals surface area contributed by atoms with E-state index in [9.17, 15) is 79.2 Å². The number of aromatic nitrogens is 15. The van der Waals surface area contributed by atoms with Gasteiger partial charge in [0, 0.05) is 106 Å². The fourth-order valence-corrected chi connectivity index (χ4v) is 14.8. The Balaban J connectivity index is 0.000000140. The Hall–Kier alpha value is -10.8. The fourth-order valence-electron chi connectivity index (χ4n) is 11.3. The number of nitrogens with zero attached hydrogens (tertiary/aromatic N) is 15. The summed E-state index contributed by atoms with van der Waals surface area (Å²) in [5, 5.41) is 10.4. The number of aryl methyl sites for hydroxylation is 3. The van der Waals surface area contributed by atoms with Gasteiger partial charge in [0.25, 0.3) is 0 Å². The molecule has 0 radical (unpaired) electrons. The summed E-state index contributed by atoms with van der Waals surface area (Å²) < 4.78 is 210. The minimum atomic E-state index is -4.61. The van der Waals surface area contributed by atoms with E-state index in [1.807, 2.05) is 0 Å². The van der Waals surface area contributed by atoms with Crippen molar-refractivity contribution in [3.05, 3.63) is 108 Å². The maximum atomic E-state index is 13.2. The minimum absolute atomic E-state index is 0.0124. The highest BCUT2D eigenvalue weighted by atomic mass is 32.2. The van der Waals surface area contributed by atoms with Gasteiger partial charge in [0.05, 0.1) is 33.9 Å². The van der Waals surface area contributed by atoms with Gasteiger partial charge in [-0.1, -0.05) is 20.8 Å². The Morgan fingerprint density at radius 1 is 0.476 bits per heavy atom. The second-order valence-electron chi connectivity index (χ2n) is 24.8. The average molecular weight is 1520 g/mol. The number of hydrogen-bond acceptors (Lipinski definition) is 19. The van der Waals surface area contributed by atoms with Crippen molar-refractivity contribution in [3.63, 3.8) is 0 Å². The van der Waals surface area contributed by atoms with Crippen LogP contribution in [0.4, 0.5) is 66.2 Å². The second-order valence-corrected chi connectivity index (χ2v) is 31.4. The van der Waals surface area contributed by atoms with Gasteiger partial charge in [-0.2, -0.15) is 39.5 Å². The Bertz CT molecular complexity index is 5890. The van der Waals surface area contributed by atoms with Crippen molar-refractivity contribution in [2.75, 3.05) is 33.2 Å². The molecule has 0 atom stereocenters. The molecule has 552 valence electrons. The summed E-state index contributed by atoms with van der Waals surface area (Å²) in [6.07, 6.45) is -1.93. The van der Waals surface area contributed by atoms with Crippen LogP contribution in [0.1, 0.15) is 82.4 Å². The van der Waals surface area contributed by atoms with Crippen LogP contribution in [0.5, 0.6) is 0 Å². The van der Waals surface area contributed by atoms with Crippen LogP contribution in [0.25, 0.3) is 85.0 Å². The maximum Gasteiger partial charge on any atom is 0.417 e. The molecule has 3 aliphatic carbocycles. The van der Waals surface area contributed by atoms with Crippen LogP contribution in [-0.4, -0.2) is 144 Å². The third-order valence-corrected chi connectivity index (χ3v) is 22.7. The number of imidazole rings is 6. The molecule has 105 heavy (non-hydrogen) atoms. The van der Waals surface area contributed by atoms with Crippen molar-refractivity contribution in [2.45, 2.75) is 111 Å². The summed E-state index contributed by atoms with van der Waals surface area (Å²) in [7, 11) is -6.97. The van der Waals surface area contributed by atoms with Gasteiger partial charge in [-0.25, -0.2) is 79.7 Å². The van der Waals surface area contributed by atoms with Gasteiger partial charge in [0.2, 0.25) is 5.91 Å². The van der Waals surface area contributed by atoms with Crippen LogP contribution in [0.3, 0.4) is 0 Å². The summed E-state index contributed by atoms with van der Waals surface area (Å²) in [4.78, 5) is 74.1. The summed E-state index contributed by atoms with van der Waals surface area (Å²) in [6.45, 7) is 4.43. The molecule has 3 saturated carbocycles. The van der Waals surface area contributed by atoms with Crippen LogP contribution >= 0.6 is 0 Å². The first-order valence-corrected chi connectivity index (χ1v) is 37.2. The van der Waals surface area contributed by atoms with Crippen molar-refractivity contribution in [1.29, 1.82) is 0 Å². The van der Waals surface area contributed by atoms with Gasteiger partial charge in [-0.05, 0) is 81.3 Å². The monoisotopic (exact) mass is 1520 g/mol. The molecule has 12 heterocycles. The zero-order valence-corrected chi connectivity index (χ0v) is 58.3. The minimum Gasteiger partial charge on any atom is -0.446 e. The molecule has 0 unspecified atom stereocenters. The number of urea groups is 1. The van der Waals surface area contributed by atoms with Crippen LogP contribution in [0, 0.1) is 5.92 Å². The fraction of sp³-hybridized carbons (Fsp3) is 0.344. The van der Waals surface area contributed by atoms with Gasteiger partial charge in [-0.15, -0.1) is 0 Å². The number of nitrogens with one attached hydrogen (secondary N) is 4. The van der Waals surface area contributed by atoms with E-state index < -0.39 is 70.8 Å². The van der Waals surface area contributed by atoms with Crippen LogP contribution < -0.4 is 21.3 Å². The summed E-state index contributed by atoms with van der Waals surface area (Å²) >= 11 is 0. The number of pyridine rings is 6. The molecule has 0 spiro atoms. The molecule has 15 rings (SSSR count). The number of carbonyl (C=O) groups excluding carboxylic acids is 3. The molecule has 4 N–H and O–H groups in total. The first-order valence-electron chi connectivity index (χ1n) is 32.3. The van der Waals surface area contributed by atoms with Gasteiger partial charge in [-0.3, -0.25) is 23.3 Å². The van der Waals surface area contributed by atoms with Crippen molar-refractivity contribution < 1.29 is 83.9 Å². The van der Waals surface area contributed by atoms with E-state index >= 15 is 0 Å². The van der Waals surface area contributed by atoms with E-state index in [4.69, 9.17) is 4.74 Å². The molecular weight excluding hydrogens is 1460 g/mol. The molecule has 3 fully saturated rings. The Morgan fingerprint density at radius 3 is 1.12 bits per heavy atom. The van der Waals surface area contributed by atoms with Crippen LogP contribution in [-0.2, 0) is 78.7 Å². The molecule has 0 aliphatic heterocycles. The van der Waals surface area contributed by atoms with Crippen molar-refractivity contribution in [2.24, 2.45) is 27.1 Å². The van der Waals surface area contributed by atoms with E-state index in [0.29, 0.717) is 35.7 Å². The van der Waals surface area contributed by atoms with Crippen LogP contribution in [0.2, 0.25) is 0 Å². The van der Waals surface area contributed by atoms with Gasteiger partial charge in [0.1, 0.15) is 56.7 Å². The SMILES string of the molecule is CCS(=O)(=O)c1c(-c2nc3cc(C(F)(F)F)cnc3n2C)nc2cc(NC(=O)C3CC3)ccn12.CCS(=O)(=O)c1c(-c2nc3cc(C(F)(F)F)cnc3n2C)nc2cc(NC(=O)NC3CC3)ccn12.CCS(=O)(=O)c1c(-c2nc3cc(C(F)(F)F)cnc3n2C)nc2cc(NC(=O)OC3CCC3)ccn12. The maximum absolute atomic E-state index is 13.2. The number of alkyl halides is 9. The first-order chi connectivity index (χ1) is 49.4. The van der Waals surface area contributed by atoms with E-state index in [2.05, 4.69) is 66.1 Å². The average Bonchev–Trinajstić information content (AvgIpc) is 1.60. The first kappa shape index (κ1) is 72.5. The molecule has 4 amide bonds. The molecule has 12 aromatic rings. The highest BCUT2D eigenvalue weighted by Crippen LogP contribution is 2.39. The topological polar surface area (TPSA) is 355 Å². The van der Waals surface area contributed by atoms with E-state index in [1.165, 1.54) is 112 Å². The van der Waals surface area contributed by atoms with Gasteiger partial charge < -0.3 is 34.4 Å². The molecule has 29 nitrogen and oxygen atoms in total. The predicted octanol–water partition coefficient (Wildman–Crippen LogP) is 11.0. The van der Waals surface area contributed by atoms with E-state index in [0.717, 1.165) is 63.1 Å². The third kappa shape index (κ3) is 14.4. The van der Waals surface area contributed by atoms with Crippen molar-refractivity contribution in [3.8, 4) is 34.6 Å². The number of ether oxygens (including phenoxy) is 1. The smallest absolute Gasteiger partial charge is 0.417 e. The molecule has 0 aromatic carbocycles. The number of sulfone groups is 3. The Labute approximate surface area is 588 Å². The molecule has 0 bridgehead atoms. The molecule has 12 aromatic heterocycles. The Morgan fingerprint density at radius 2 is 0.819 bits per heavy atom. The number of amides is 4. The number of rotatable bonds is 15. The number of anilines is 3.